The monoisotopic (exact) mass is 325 g/mol. The minimum Gasteiger partial charge on any atom is -0.381 e. The Morgan fingerprint density at radius 1 is 1.35 bits per heavy atom. The molecule has 2 aliphatic rings. The molecule has 2 amide bonds. The van der Waals surface area contributed by atoms with Gasteiger partial charge in [0.15, 0.2) is 0 Å². The van der Waals surface area contributed by atoms with E-state index in [2.05, 4.69) is 6.58 Å². The second-order valence-electron chi connectivity index (χ2n) is 6.18. The molecule has 130 valence electrons. The number of hydrogen-bond donors (Lipinski definition) is 0. The molecule has 1 heterocycles. The van der Waals surface area contributed by atoms with E-state index in [0.717, 1.165) is 32.0 Å². The van der Waals surface area contributed by atoms with Gasteiger partial charge in [-0.2, -0.15) is 0 Å². The lowest BCUT2D eigenvalue weighted by atomic mass is 9.86. The lowest BCUT2D eigenvalue weighted by Crippen LogP contribution is -2.49. The van der Waals surface area contributed by atoms with E-state index >= 15 is 0 Å². The van der Waals surface area contributed by atoms with E-state index < -0.39 is 0 Å². The van der Waals surface area contributed by atoms with E-state index in [1.807, 2.05) is 0 Å². The summed E-state index contributed by atoms with van der Waals surface area (Å²) in [6.07, 6.45) is 4.38. The molecule has 0 aromatic carbocycles. The zero-order valence-electron chi connectivity index (χ0n) is 14.2. The normalized spacial score (nSPS) is 27.7. The van der Waals surface area contributed by atoms with E-state index in [0.29, 0.717) is 12.2 Å². The number of aldehydes is 1. The zero-order valence-corrected chi connectivity index (χ0v) is 14.2. The van der Waals surface area contributed by atoms with Crippen molar-refractivity contribution in [3.8, 4) is 0 Å². The quantitative estimate of drug-likeness (QED) is 0.450. The molecule has 1 saturated heterocycles. The van der Waals surface area contributed by atoms with Gasteiger partial charge in [0.1, 0.15) is 13.0 Å². The maximum atomic E-state index is 12.3. The van der Waals surface area contributed by atoms with E-state index in [-0.39, 0.29) is 36.5 Å². The van der Waals surface area contributed by atoms with Gasteiger partial charge in [-0.05, 0) is 38.2 Å². The molecule has 2 rings (SSSR count). The van der Waals surface area contributed by atoms with Crippen LogP contribution in [0.4, 0.5) is 0 Å². The largest absolute Gasteiger partial charge is 0.381 e. The van der Waals surface area contributed by atoms with Crippen molar-refractivity contribution in [1.29, 1.82) is 0 Å². The molecular weight excluding hydrogens is 298 g/mol. The molecule has 0 bridgehead atoms. The number of hydrogen-bond acceptors (Lipinski definition) is 5. The predicted molar refractivity (Wildman–Crippen MR) is 85.5 cm³/mol. The summed E-state index contributed by atoms with van der Waals surface area (Å²) in [7, 11) is 1.70. The minimum absolute atomic E-state index is 0.0470. The van der Waals surface area contributed by atoms with Gasteiger partial charge in [0.2, 0.25) is 11.8 Å². The Hall–Kier alpha value is -1.53. The van der Waals surface area contributed by atoms with Crippen LogP contribution in [0.5, 0.6) is 0 Å². The highest BCUT2D eigenvalue weighted by molar-refractivity contribution is 5.97. The van der Waals surface area contributed by atoms with Gasteiger partial charge in [-0.1, -0.05) is 13.5 Å². The SMILES string of the molecule is C=C(C)C=O.COC1CCC(C(=O)N2COCC(C)C2=O)CC1. The number of methoxy groups -OCH3 is 1. The van der Waals surface area contributed by atoms with Crippen LogP contribution in [0.1, 0.15) is 39.5 Å². The highest BCUT2D eigenvalue weighted by Crippen LogP contribution is 2.28. The van der Waals surface area contributed by atoms with Gasteiger partial charge >= 0.3 is 0 Å². The van der Waals surface area contributed by atoms with Gasteiger partial charge in [0, 0.05) is 13.0 Å². The number of carbonyl (C=O) groups is 3. The Bertz CT molecular complexity index is 440. The standard InChI is InChI=1S/C13H21NO4.C4H6O/c1-9-7-18-8-14(12(9)15)13(16)10-3-5-11(17-2)6-4-10;1-4(2)3-5/h9-11H,3-8H2,1-2H3;3H,1H2,2H3. The lowest BCUT2D eigenvalue weighted by Gasteiger charge is -2.34. The highest BCUT2D eigenvalue weighted by atomic mass is 16.5. The Morgan fingerprint density at radius 2 is 1.91 bits per heavy atom. The molecule has 6 nitrogen and oxygen atoms in total. The fourth-order valence-corrected chi connectivity index (χ4v) is 2.66. The van der Waals surface area contributed by atoms with Crippen LogP contribution in [0.3, 0.4) is 0 Å². The van der Waals surface area contributed by atoms with E-state index in [1.54, 1.807) is 21.0 Å². The van der Waals surface area contributed by atoms with Crippen LogP contribution in [0.25, 0.3) is 0 Å². The van der Waals surface area contributed by atoms with Crippen molar-refractivity contribution in [1.82, 2.24) is 4.90 Å². The molecule has 0 aromatic heterocycles. The molecule has 2 fully saturated rings. The van der Waals surface area contributed by atoms with E-state index in [4.69, 9.17) is 9.47 Å². The van der Waals surface area contributed by atoms with Crippen LogP contribution in [0.15, 0.2) is 12.2 Å². The van der Waals surface area contributed by atoms with E-state index in [1.165, 1.54) is 4.90 Å². The molecule has 1 saturated carbocycles. The fourth-order valence-electron chi connectivity index (χ4n) is 2.66. The van der Waals surface area contributed by atoms with Gasteiger partial charge < -0.3 is 9.47 Å². The molecular formula is C17H27NO5. The van der Waals surface area contributed by atoms with Crippen molar-refractivity contribution >= 4 is 18.1 Å². The van der Waals surface area contributed by atoms with Gasteiger partial charge in [-0.15, -0.1) is 0 Å². The molecule has 0 radical (unpaired) electrons. The van der Waals surface area contributed by atoms with Crippen molar-refractivity contribution in [3.63, 3.8) is 0 Å². The Balaban J connectivity index is 0.000000463. The van der Waals surface area contributed by atoms with Crippen molar-refractivity contribution in [2.45, 2.75) is 45.6 Å². The van der Waals surface area contributed by atoms with Crippen LogP contribution in [0.2, 0.25) is 0 Å². The van der Waals surface area contributed by atoms with Crippen molar-refractivity contribution in [2.75, 3.05) is 20.4 Å². The van der Waals surface area contributed by atoms with Crippen LogP contribution in [0, 0.1) is 11.8 Å². The molecule has 0 aromatic rings. The molecule has 1 unspecified atom stereocenters. The van der Waals surface area contributed by atoms with Gasteiger partial charge in [0.05, 0.1) is 18.6 Å². The summed E-state index contributed by atoms with van der Waals surface area (Å²) in [4.78, 5) is 34.9. The number of carbonyl (C=O) groups excluding carboxylic acids is 3. The summed E-state index contributed by atoms with van der Waals surface area (Å²) in [5, 5.41) is 0. The molecule has 0 spiro atoms. The second-order valence-corrected chi connectivity index (χ2v) is 6.18. The first-order valence-corrected chi connectivity index (χ1v) is 7.97. The number of rotatable bonds is 3. The van der Waals surface area contributed by atoms with Crippen molar-refractivity contribution in [2.24, 2.45) is 11.8 Å². The van der Waals surface area contributed by atoms with Crippen LogP contribution in [-0.2, 0) is 23.9 Å². The second kappa shape index (κ2) is 9.57. The predicted octanol–water partition coefficient (Wildman–Crippen LogP) is 1.93. The molecule has 1 aliphatic heterocycles. The van der Waals surface area contributed by atoms with Crippen molar-refractivity contribution in [3.05, 3.63) is 12.2 Å². The molecule has 23 heavy (non-hydrogen) atoms. The number of nitrogens with zero attached hydrogens (tertiary/aromatic N) is 1. The highest BCUT2D eigenvalue weighted by Gasteiger charge is 2.36. The summed E-state index contributed by atoms with van der Waals surface area (Å²) >= 11 is 0. The summed E-state index contributed by atoms with van der Waals surface area (Å²) in [5.41, 5.74) is 0.574. The smallest absolute Gasteiger partial charge is 0.236 e. The van der Waals surface area contributed by atoms with Gasteiger partial charge in [-0.25, -0.2) is 0 Å². The van der Waals surface area contributed by atoms with Crippen LogP contribution >= 0.6 is 0 Å². The third-order valence-corrected chi connectivity index (χ3v) is 4.10. The minimum atomic E-state index is -0.210. The first kappa shape index (κ1) is 19.5. The number of imide groups is 1. The molecule has 1 atom stereocenters. The third-order valence-electron chi connectivity index (χ3n) is 4.10. The topological polar surface area (TPSA) is 72.9 Å². The number of amides is 2. The summed E-state index contributed by atoms with van der Waals surface area (Å²) < 4.78 is 10.6. The van der Waals surface area contributed by atoms with Crippen LogP contribution < -0.4 is 0 Å². The van der Waals surface area contributed by atoms with Crippen LogP contribution in [-0.4, -0.2) is 49.6 Å². The third kappa shape index (κ3) is 5.88. The Morgan fingerprint density at radius 3 is 2.39 bits per heavy atom. The zero-order chi connectivity index (χ0) is 17.4. The maximum absolute atomic E-state index is 12.3. The average Bonchev–Trinajstić information content (AvgIpc) is 2.57. The summed E-state index contributed by atoms with van der Waals surface area (Å²) in [6, 6.07) is 0. The number of ether oxygens (including phenoxy) is 2. The molecule has 6 heteroatoms. The fraction of sp³-hybridized carbons (Fsp3) is 0.706. The molecule has 1 aliphatic carbocycles. The maximum Gasteiger partial charge on any atom is 0.236 e. The number of allylic oxidation sites excluding steroid dienone is 1. The Labute approximate surface area is 137 Å². The van der Waals surface area contributed by atoms with Crippen molar-refractivity contribution < 1.29 is 23.9 Å². The van der Waals surface area contributed by atoms with Gasteiger partial charge in [-0.3, -0.25) is 19.3 Å². The Kier molecular flexibility index (Phi) is 8.12. The first-order valence-electron chi connectivity index (χ1n) is 7.97. The summed E-state index contributed by atoms with van der Waals surface area (Å²) in [5.74, 6) is -0.423. The lowest BCUT2D eigenvalue weighted by molar-refractivity contribution is -0.166. The average molecular weight is 325 g/mol. The first-order chi connectivity index (χ1) is 10.9. The summed E-state index contributed by atoms with van der Waals surface area (Å²) in [6.45, 7) is 7.29. The molecule has 0 N–H and O–H groups in total. The van der Waals surface area contributed by atoms with Gasteiger partial charge in [0.25, 0.3) is 0 Å². The van der Waals surface area contributed by atoms with E-state index in [9.17, 15) is 14.4 Å².